The Morgan fingerprint density at radius 1 is 1.46 bits per heavy atom. The molecule has 0 aromatic rings. The molecule has 2 heterocycles. The van der Waals surface area contributed by atoms with E-state index in [1.54, 1.807) is 0 Å². The van der Waals surface area contributed by atoms with Crippen molar-refractivity contribution in [2.45, 2.75) is 26.3 Å². The Morgan fingerprint density at radius 2 is 2.15 bits per heavy atom. The second-order valence-electron chi connectivity index (χ2n) is 3.15. The number of fused-ring (bicyclic) bond motifs is 1. The van der Waals surface area contributed by atoms with Crippen LogP contribution in [-0.4, -0.2) is 35.8 Å². The molecule has 1 unspecified atom stereocenters. The Labute approximate surface area is 80.9 Å². The van der Waals surface area contributed by atoms with Crippen molar-refractivity contribution < 1.29 is 4.58 Å². The summed E-state index contributed by atoms with van der Waals surface area (Å²) in [5.41, 5.74) is 1.41. The summed E-state index contributed by atoms with van der Waals surface area (Å²) in [6.45, 7) is 4.00. The normalized spacial score (nSPS) is 24.3. The number of likely N-dealkylation sites (N-methyl/N-ethyl adjacent to an activating group) is 2. The van der Waals surface area contributed by atoms with Gasteiger partial charge in [-0.25, -0.2) is 4.58 Å². The summed E-state index contributed by atoms with van der Waals surface area (Å²) in [4.78, 5) is 2.19. The van der Waals surface area contributed by atoms with Crippen LogP contribution in [0.5, 0.6) is 0 Å². The minimum absolute atomic E-state index is 0.588. The highest BCUT2D eigenvalue weighted by Crippen LogP contribution is 2.21. The van der Waals surface area contributed by atoms with Crippen molar-refractivity contribution in [3.63, 3.8) is 0 Å². The van der Waals surface area contributed by atoms with Crippen LogP contribution in [0.2, 0.25) is 0 Å². The van der Waals surface area contributed by atoms with Crippen LogP contribution < -0.4 is 0 Å². The average Bonchev–Trinajstić information content (AvgIpc) is 2.53. The first-order valence-corrected chi connectivity index (χ1v) is 4.95. The number of hydrogen-bond donors (Lipinski definition) is 0. The van der Waals surface area contributed by atoms with E-state index in [0.717, 1.165) is 6.42 Å². The van der Waals surface area contributed by atoms with Gasteiger partial charge in [0.1, 0.15) is 7.05 Å². The second-order valence-corrected chi connectivity index (χ2v) is 3.15. The van der Waals surface area contributed by atoms with E-state index in [1.807, 2.05) is 13.8 Å². The van der Waals surface area contributed by atoms with E-state index in [4.69, 9.17) is 0 Å². The maximum Gasteiger partial charge on any atom is 0.196 e. The first-order valence-electron chi connectivity index (χ1n) is 4.95. The van der Waals surface area contributed by atoms with Gasteiger partial charge in [0, 0.05) is 19.5 Å². The quantitative estimate of drug-likeness (QED) is 0.514. The standard InChI is InChI=1S/C9H13N2.C2H6/c1-10-6-3-4-8-9(10)5-7-11(8)2;1-2/h3,5-8H,4H2,1-2H3;1-2H3/q+1;. The Hall–Kier alpha value is -1.05. The van der Waals surface area contributed by atoms with Gasteiger partial charge in [0.25, 0.3) is 0 Å². The zero-order chi connectivity index (χ0) is 9.84. The van der Waals surface area contributed by atoms with Gasteiger partial charge in [-0.05, 0) is 6.20 Å². The molecule has 2 aliphatic rings. The molecule has 0 aromatic carbocycles. The van der Waals surface area contributed by atoms with Gasteiger partial charge in [0.15, 0.2) is 12.3 Å². The number of rotatable bonds is 0. The van der Waals surface area contributed by atoms with Gasteiger partial charge in [-0.2, -0.15) is 0 Å². The fourth-order valence-electron chi connectivity index (χ4n) is 1.69. The summed E-state index contributed by atoms with van der Waals surface area (Å²) in [6, 6.07) is 0.588. The topological polar surface area (TPSA) is 6.25 Å². The minimum atomic E-state index is 0.588. The van der Waals surface area contributed by atoms with Gasteiger partial charge in [-0.1, -0.05) is 19.9 Å². The molecule has 2 heteroatoms. The molecule has 1 atom stereocenters. The van der Waals surface area contributed by atoms with Gasteiger partial charge in [-0.3, -0.25) is 0 Å². The van der Waals surface area contributed by atoms with Gasteiger partial charge < -0.3 is 4.90 Å². The van der Waals surface area contributed by atoms with Crippen LogP contribution >= 0.6 is 0 Å². The summed E-state index contributed by atoms with van der Waals surface area (Å²) in [5, 5.41) is 0. The SMILES string of the molecule is CC.CN1C=CCC2C1=CC=[N+]2C. The van der Waals surface area contributed by atoms with Crippen LogP contribution in [0.15, 0.2) is 24.0 Å². The predicted octanol–water partition coefficient (Wildman–Crippen LogP) is 1.84. The minimum Gasteiger partial charge on any atom is -0.349 e. The van der Waals surface area contributed by atoms with Crippen molar-refractivity contribution in [2.75, 3.05) is 14.1 Å². The molecular weight excluding hydrogens is 160 g/mol. The summed E-state index contributed by atoms with van der Waals surface area (Å²) < 4.78 is 2.26. The molecule has 0 fully saturated rings. The first kappa shape index (κ1) is 10.0. The fraction of sp³-hybridized carbons (Fsp3) is 0.545. The summed E-state index contributed by atoms with van der Waals surface area (Å²) in [7, 11) is 4.22. The molecule has 0 radical (unpaired) electrons. The Balaban J connectivity index is 0.000000396. The molecule has 0 aromatic heterocycles. The molecule has 2 aliphatic heterocycles. The molecule has 72 valence electrons. The van der Waals surface area contributed by atoms with Crippen molar-refractivity contribution in [3.05, 3.63) is 24.0 Å². The lowest BCUT2D eigenvalue weighted by Gasteiger charge is -2.23. The third-order valence-electron chi connectivity index (χ3n) is 2.41. The predicted molar refractivity (Wildman–Crippen MR) is 57.0 cm³/mol. The lowest BCUT2D eigenvalue weighted by molar-refractivity contribution is -0.520. The molecule has 0 amide bonds. The Bertz CT molecular complexity index is 261. The lowest BCUT2D eigenvalue weighted by atomic mass is 10.1. The molecule has 13 heavy (non-hydrogen) atoms. The molecule has 0 spiro atoms. The van der Waals surface area contributed by atoms with E-state index in [2.05, 4.69) is 48.1 Å². The van der Waals surface area contributed by atoms with Gasteiger partial charge in [0.05, 0.1) is 5.70 Å². The van der Waals surface area contributed by atoms with E-state index in [0.29, 0.717) is 6.04 Å². The van der Waals surface area contributed by atoms with Crippen molar-refractivity contribution in [1.82, 2.24) is 4.90 Å². The molecule has 0 saturated heterocycles. The molecule has 0 saturated carbocycles. The second kappa shape index (κ2) is 4.26. The van der Waals surface area contributed by atoms with Crippen molar-refractivity contribution >= 4 is 6.21 Å². The number of nitrogens with zero attached hydrogens (tertiary/aromatic N) is 2. The van der Waals surface area contributed by atoms with E-state index < -0.39 is 0 Å². The van der Waals surface area contributed by atoms with Crippen LogP contribution in [0.4, 0.5) is 0 Å². The van der Waals surface area contributed by atoms with Crippen LogP contribution in [0.1, 0.15) is 20.3 Å². The number of hydrogen-bond acceptors (Lipinski definition) is 1. The summed E-state index contributed by atoms with van der Waals surface area (Å²) in [6.07, 6.45) is 9.83. The lowest BCUT2D eigenvalue weighted by Crippen LogP contribution is -2.30. The molecular formula is C11H19N2+. The third kappa shape index (κ3) is 1.82. The summed E-state index contributed by atoms with van der Waals surface area (Å²) >= 11 is 0. The number of allylic oxidation sites excluding steroid dienone is 1. The molecule has 2 nitrogen and oxygen atoms in total. The van der Waals surface area contributed by atoms with Crippen LogP contribution in [-0.2, 0) is 0 Å². The first-order chi connectivity index (χ1) is 6.29. The van der Waals surface area contributed by atoms with E-state index >= 15 is 0 Å². The zero-order valence-electron chi connectivity index (χ0n) is 8.99. The maximum atomic E-state index is 2.26. The monoisotopic (exact) mass is 179 g/mol. The highest BCUT2D eigenvalue weighted by atomic mass is 15.2. The average molecular weight is 179 g/mol. The molecule has 2 rings (SSSR count). The maximum absolute atomic E-state index is 2.26. The highest BCUT2D eigenvalue weighted by molar-refractivity contribution is 5.70. The summed E-state index contributed by atoms with van der Waals surface area (Å²) in [5.74, 6) is 0. The highest BCUT2D eigenvalue weighted by Gasteiger charge is 2.29. The van der Waals surface area contributed by atoms with Gasteiger partial charge in [-0.15, -0.1) is 0 Å². The van der Waals surface area contributed by atoms with Gasteiger partial charge >= 0.3 is 0 Å². The zero-order valence-corrected chi connectivity index (χ0v) is 8.99. The van der Waals surface area contributed by atoms with Crippen LogP contribution in [0.25, 0.3) is 0 Å². The smallest absolute Gasteiger partial charge is 0.196 e. The van der Waals surface area contributed by atoms with Crippen molar-refractivity contribution in [2.24, 2.45) is 0 Å². The fourth-order valence-corrected chi connectivity index (χ4v) is 1.69. The third-order valence-corrected chi connectivity index (χ3v) is 2.41. The van der Waals surface area contributed by atoms with Gasteiger partial charge in [0.2, 0.25) is 0 Å². The van der Waals surface area contributed by atoms with Crippen molar-refractivity contribution in [3.8, 4) is 0 Å². The Morgan fingerprint density at radius 3 is 2.77 bits per heavy atom. The van der Waals surface area contributed by atoms with E-state index in [9.17, 15) is 0 Å². The van der Waals surface area contributed by atoms with E-state index in [-0.39, 0.29) is 0 Å². The molecule has 0 N–H and O–H groups in total. The molecule has 0 aliphatic carbocycles. The van der Waals surface area contributed by atoms with Crippen LogP contribution in [0, 0.1) is 0 Å². The largest absolute Gasteiger partial charge is 0.349 e. The van der Waals surface area contributed by atoms with Crippen LogP contribution in [0.3, 0.4) is 0 Å². The van der Waals surface area contributed by atoms with E-state index in [1.165, 1.54) is 5.70 Å². The molecule has 0 bridgehead atoms. The Kier molecular flexibility index (Phi) is 3.29. The van der Waals surface area contributed by atoms with Crippen molar-refractivity contribution in [1.29, 1.82) is 0 Å².